The maximum atomic E-state index is 10.7. The van der Waals surface area contributed by atoms with Gasteiger partial charge in [0.05, 0.1) is 24.2 Å². The minimum Gasteiger partial charge on any atom is -0.493 e. The maximum Gasteiger partial charge on any atom is 0.306 e. The number of para-hydroxylation sites is 2. The molecule has 1 N–H and O–H groups in total. The fourth-order valence-corrected chi connectivity index (χ4v) is 3.17. The Morgan fingerprint density at radius 1 is 0.781 bits per heavy atom. The molecule has 0 spiro atoms. The van der Waals surface area contributed by atoms with Gasteiger partial charge in [-0.25, -0.2) is 4.98 Å². The SMILES string of the molecule is O=C(O)CCOc1ccccc1COc1cccc(OCc2ccc3ccccc3n2)c1. The van der Waals surface area contributed by atoms with Crippen LogP contribution in [0.25, 0.3) is 10.9 Å². The Labute approximate surface area is 186 Å². The number of carbonyl (C=O) groups is 1. The zero-order valence-corrected chi connectivity index (χ0v) is 17.4. The molecule has 4 aromatic rings. The van der Waals surface area contributed by atoms with Gasteiger partial charge in [-0.05, 0) is 30.3 Å². The molecule has 0 atom stereocenters. The van der Waals surface area contributed by atoms with E-state index in [-0.39, 0.29) is 13.0 Å². The van der Waals surface area contributed by atoms with Crippen molar-refractivity contribution in [3.05, 3.63) is 96.2 Å². The average Bonchev–Trinajstić information content (AvgIpc) is 2.82. The predicted octanol–water partition coefficient (Wildman–Crippen LogP) is 5.25. The minimum absolute atomic E-state index is 0.0549. The normalized spacial score (nSPS) is 10.6. The van der Waals surface area contributed by atoms with Crippen LogP contribution < -0.4 is 14.2 Å². The summed E-state index contributed by atoms with van der Waals surface area (Å²) in [5, 5.41) is 9.88. The van der Waals surface area contributed by atoms with Gasteiger partial charge in [0.1, 0.15) is 30.5 Å². The first-order valence-electron chi connectivity index (χ1n) is 10.3. The molecule has 1 heterocycles. The van der Waals surface area contributed by atoms with Gasteiger partial charge in [-0.3, -0.25) is 4.79 Å². The summed E-state index contributed by atoms with van der Waals surface area (Å²) in [7, 11) is 0. The number of aromatic nitrogens is 1. The predicted molar refractivity (Wildman–Crippen MR) is 121 cm³/mol. The number of fused-ring (bicyclic) bond motifs is 1. The highest BCUT2D eigenvalue weighted by Crippen LogP contribution is 2.24. The molecule has 0 radical (unpaired) electrons. The van der Waals surface area contributed by atoms with E-state index in [2.05, 4.69) is 4.98 Å². The van der Waals surface area contributed by atoms with Crippen LogP contribution in [0.4, 0.5) is 0 Å². The molecular weight excluding hydrogens is 406 g/mol. The molecule has 6 nitrogen and oxygen atoms in total. The Bertz CT molecular complexity index is 1210. The standard InChI is InChI=1S/C26H23NO5/c28-26(29)14-15-30-25-11-4-2-7-20(25)17-31-22-8-5-9-23(16-22)32-18-21-13-12-19-6-1-3-10-24(19)27-21/h1-13,16H,14-15,17-18H2,(H,28,29). The Kier molecular flexibility index (Phi) is 6.82. The molecule has 0 aliphatic rings. The molecular formula is C26H23NO5. The van der Waals surface area contributed by atoms with Crippen molar-refractivity contribution < 1.29 is 24.1 Å². The highest BCUT2D eigenvalue weighted by Gasteiger charge is 2.07. The third-order valence-electron chi connectivity index (χ3n) is 4.79. The van der Waals surface area contributed by atoms with Crippen molar-refractivity contribution in [2.24, 2.45) is 0 Å². The summed E-state index contributed by atoms with van der Waals surface area (Å²) >= 11 is 0. The fourth-order valence-electron chi connectivity index (χ4n) is 3.17. The Hall–Kier alpha value is -4.06. The second-order valence-electron chi connectivity index (χ2n) is 7.15. The molecule has 6 heteroatoms. The third-order valence-corrected chi connectivity index (χ3v) is 4.79. The summed E-state index contributed by atoms with van der Waals surface area (Å²) in [6.07, 6.45) is -0.0549. The zero-order valence-electron chi connectivity index (χ0n) is 17.4. The van der Waals surface area contributed by atoms with E-state index < -0.39 is 5.97 Å². The number of rotatable bonds is 10. The fraction of sp³-hybridized carbons (Fsp3) is 0.154. The summed E-state index contributed by atoms with van der Waals surface area (Å²) in [4.78, 5) is 15.3. The van der Waals surface area contributed by atoms with Crippen molar-refractivity contribution >= 4 is 16.9 Å². The van der Waals surface area contributed by atoms with E-state index >= 15 is 0 Å². The summed E-state index contributed by atoms with van der Waals surface area (Å²) in [6.45, 7) is 0.756. The van der Waals surface area contributed by atoms with E-state index in [0.717, 1.165) is 22.2 Å². The summed E-state index contributed by atoms with van der Waals surface area (Å²) < 4.78 is 17.4. The lowest BCUT2D eigenvalue weighted by Gasteiger charge is -2.13. The molecule has 162 valence electrons. The number of ether oxygens (including phenoxy) is 3. The molecule has 0 amide bonds. The second kappa shape index (κ2) is 10.3. The van der Waals surface area contributed by atoms with Crippen LogP contribution in [0.15, 0.2) is 84.9 Å². The number of nitrogens with zero attached hydrogens (tertiary/aromatic N) is 1. The number of hydrogen-bond donors (Lipinski definition) is 1. The number of benzene rings is 3. The van der Waals surface area contributed by atoms with Crippen LogP contribution in [0.1, 0.15) is 17.7 Å². The Balaban J connectivity index is 1.35. The average molecular weight is 429 g/mol. The van der Waals surface area contributed by atoms with E-state index in [0.29, 0.717) is 30.5 Å². The van der Waals surface area contributed by atoms with Gasteiger partial charge in [0.2, 0.25) is 0 Å². The summed E-state index contributed by atoms with van der Waals surface area (Å²) in [5.74, 6) is 1.07. The molecule has 0 unspecified atom stereocenters. The van der Waals surface area contributed by atoms with Crippen molar-refractivity contribution in [1.82, 2.24) is 4.98 Å². The number of carboxylic acids is 1. The van der Waals surface area contributed by atoms with Crippen LogP contribution in [0, 0.1) is 0 Å². The van der Waals surface area contributed by atoms with Crippen molar-refractivity contribution in [1.29, 1.82) is 0 Å². The highest BCUT2D eigenvalue weighted by molar-refractivity contribution is 5.78. The number of aliphatic carboxylic acids is 1. The van der Waals surface area contributed by atoms with Gasteiger partial charge in [0, 0.05) is 17.0 Å². The van der Waals surface area contributed by atoms with E-state index in [9.17, 15) is 4.79 Å². The molecule has 32 heavy (non-hydrogen) atoms. The number of carboxylic acid groups (broad SMARTS) is 1. The van der Waals surface area contributed by atoms with Gasteiger partial charge in [0.15, 0.2) is 0 Å². The molecule has 0 aliphatic carbocycles. The second-order valence-corrected chi connectivity index (χ2v) is 7.15. The van der Waals surface area contributed by atoms with Crippen LogP contribution in [0.2, 0.25) is 0 Å². The first-order valence-corrected chi connectivity index (χ1v) is 10.3. The summed E-state index contributed by atoms with van der Waals surface area (Å²) in [6, 6.07) is 26.8. The van der Waals surface area contributed by atoms with E-state index in [4.69, 9.17) is 19.3 Å². The van der Waals surface area contributed by atoms with Crippen LogP contribution >= 0.6 is 0 Å². The minimum atomic E-state index is -0.894. The molecule has 0 bridgehead atoms. The van der Waals surface area contributed by atoms with Gasteiger partial charge in [-0.1, -0.05) is 48.5 Å². The molecule has 0 fully saturated rings. The quantitative estimate of drug-likeness (QED) is 0.371. The van der Waals surface area contributed by atoms with Gasteiger partial charge in [-0.15, -0.1) is 0 Å². The highest BCUT2D eigenvalue weighted by atomic mass is 16.5. The molecule has 0 saturated heterocycles. The molecule has 3 aromatic carbocycles. The van der Waals surface area contributed by atoms with Crippen molar-refractivity contribution in [3.8, 4) is 17.2 Å². The molecule has 0 aliphatic heterocycles. The third kappa shape index (κ3) is 5.76. The van der Waals surface area contributed by atoms with Crippen molar-refractivity contribution in [3.63, 3.8) is 0 Å². The Morgan fingerprint density at radius 3 is 2.38 bits per heavy atom. The van der Waals surface area contributed by atoms with Crippen LogP contribution in [0.5, 0.6) is 17.2 Å². The monoisotopic (exact) mass is 429 g/mol. The number of pyridine rings is 1. The van der Waals surface area contributed by atoms with Crippen LogP contribution in [-0.2, 0) is 18.0 Å². The largest absolute Gasteiger partial charge is 0.493 e. The molecule has 4 rings (SSSR count). The first-order chi connectivity index (χ1) is 15.7. The van der Waals surface area contributed by atoms with Crippen molar-refractivity contribution in [2.75, 3.05) is 6.61 Å². The molecule has 1 aromatic heterocycles. The smallest absolute Gasteiger partial charge is 0.306 e. The number of hydrogen-bond acceptors (Lipinski definition) is 5. The van der Waals surface area contributed by atoms with Crippen LogP contribution in [0.3, 0.4) is 0 Å². The van der Waals surface area contributed by atoms with Gasteiger partial charge in [0.25, 0.3) is 0 Å². The maximum absolute atomic E-state index is 10.7. The van der Waals surface area contributed by atoms with E-state index in [1.54, 1.807) is 6.07 Å². The lowest BCUT2D eigenvalue weighted by molar-refractivity contribution is -0.137. The lowest BCUT2D eigenvalue weighted by Crippen LogP contribution is -2.07. The van der Waals surface area contributed by atoms with Gasteiger partial charge >= 0.3 is 5.97 Å². The summed E-state index contributed by atoms with van der Waals surface area (Å²) in [5.41, 5.74) is 2.63. The Morgan fingerprint density at radius 2 is 1.53 bits per heavy atom. The van der Waals surface area contributed by atoms with Crippen LogP contribution in [-0.4, -0.2) is 22.7 Å². The zero-order chi connectivity index (χ0) is 22.2. The molecule has 0 saturated carbocycles. The lowest BCUT2D eigenvalue weighted by atomic mass is 10.2. The van der Waals surface area contributed by atoms with Gasteiger partial charge in [-0.2, -0.15) is 0 Å². The van der Waals surface area contributed by atoms with Gasteiger partial charge < -0.3 is 19.3 Å². The van der Waals surface area contributed by atoms with E-state index in [1.807, 2.05) is 78.9 Å². The van der Waals surface area contributed by atoms with E-state index in [1.165, 1.54) is 0 Å². The topological polar surface area (TPSA) is 77.9 Å². The van der Waals surface area contributed by atoms with Crippen molar-refractivity contribution in [2.45, 2.75) is 19.6 Å². The first kappa shape index (κ1) is 21.2.